The highest BCUT2D eigenvalue weighted by Gasteiger charge is 1.95. The molecule has 0 bridgehead atoms. The molecule has 2 N–H and O–H groups in total. The summed E-state index contributed by atoms with van der Waals surface area (Å²) in [6.07, 6.45) is 2.52. The summed E-state index contributed by atoms with van der Waals surface area (Å²) in [4.78, 5) is 0. The average molecular weight is 213 g/mol. The van der Waals surface area contributed by atoms with Gasteiger partial charge in [-0.1, -0.05) is 35.9 Å². The number of hydrogen-bond donors (Lipinski definition) is 1. The van der Waals surface area contributed by atoms with E-state index in [0.717, 1.165) is 6.54 Å². The lowest BCUT2D eigenvalue weighted by molar-refractivity contribution is 0.764. The zero-order chi connectivity index (χ0) is 5.70. The van der Waals surface area contributed by atoms with Crippen molar-refractivity contribution in [2.75, 3.05) is 6.54 Å². The smallest absolute Gasteiger partial charge is 0.0232 e. The third kappa shape index (κ3) is 4.55. The first-order valence-electron chi connectivity index (χ1n) is 2.65. The average Bonchev–Trinajstić information content (AvgIpc) is 1.68. The largest absolute Gasteiger partial charge is 0.329 e. The Morgan fingerprint density at radius 1 is 1.71 bits per heavy atom. The number of rotatable bonds is 3. The summed E-state index contributed by atoms with van der Waals surface area (Å²) in [5, 5.41) is 0. The summed E-state index contributed by atoms with van der Waals surface area (Å²) >= 11 is 2.38. The van der Waals surface area contributed by atoms with Gasteiger partial charge in [0.1, 0.15) is 0 Å². The highest BCUT2D eigenvalue weighted by atomic mass is 127. The highest BCUT2D eigenvalue weighted by molar-refractivity contribution is 14.1. The monoisotopic (exact) mass is 213 g/mol. The van der Waals surface area contributed by atoms with E-state index < -0.39 is 0 Å². The van der Waals surface area contributed by atoms with Gasteiger partial charge in [0, 0.05) is 10.5 Å². The second-order valence-electron chi connectivity index (χ2n) is 1.62. The summed E-state index contributed by atoms with van der Waals surface area (Å²) in [5.74, 6) is 0. The van der Waals surface area contributed by atoms with Crippen LogP contribution in [-0.4, -0.2) is 10.5 Å². The molecule has 0 aromatic rings. The molecular weight excluding hydrogens is 201 g/mol. The molecule has 2 heteroatoms. The van der Waals surface area contributed by atoms with E-state index in [1.165, 1.54) is 12.8 Å². The van der Waals surface area contributed by atoms with Crippen LogP contribution in [-0.2, 0) is 0 Å². The van der Waals surface area contributed by atoms with Crippen molar-refractivity contribution in [2.24, 2.45) is 5.73 Å². The molecule has 44 valence electrons. The summed E-state index contributed by atoms with van der Waals surface area (Å²) in [7, 11) is 0. The van der Waals surface area contributed by atoms with E-state index in [4.69, 9.17) is 5.73 Å². The standard InChI is InChI=1S/C5H12IN/c1-2-3-5(6)4-7/h5H,2-4,7H2,1H3/t5-/m0/s1. The Morgan fingerprint density at radius 2 is 2.29 bits per heavy atom. The number of hydrogen-bond acceptors (Lipinski definition) is 1. The molecule has 1 nitrogen and oxygen atoms in total. The molecule has 0 aliphatic heterocycles. The quantitative estimate of drug-likeness (QED) is 0.558. The van der Waals surface area contributed by atoms with Gasteiger partial charge in [0.15, 0.2) is 0 Å². The van der Waals surface area contributed by atoms with Crippen LogP contribution >= 0.6 is 22.6 Å². The lowest BCUT2D eigenvalue weighted by Crippen LogP contribution is -2.12. The molecule has 0 spiro atoms. The van der Waals surface area contributed by atoms with Gasteiger partial charge in [0.25, 0.3) is 0 Å². The summed E-state index contributed by atoms with van der Waals surface area (Å²) in [6.45, 7) is 3.01. The van der Waals surface area contributed by atoms with Crippen LogP contribution in [0.3, 0.4) is 0 Å². The van der Waals surface area contributed by atoms with Gasteiger partial charge in [-0.2, -0.15) is 0 Å². The Balaban J connectivity index is 2.83. The van der Waals surface area contributed by atoms with Crippen LogP contribution < -0.4 is 5.73 Å². The van der Waals surface area contributed by atoms with Gasteiger partial charge in [-0.3, -0.25) is 0 Å². The topological polar surface area (TPSA) is 26.0 Å². The second kappa shape index (κ2) is 4.84. The van der Waals surface area contributed by atoms with Crippen LogP contribution in [0.25, 0.3) is 0 Å². The Kier molecular flexibility index (Phi) is 5.32. The van der Waals surface area contributed by atoms with Gasteiger partial charge >= 0.3 is 0 Å². The molecule has 0 aromatic carbocycles. The lowest BCUT2D eigenvalue weighted by atomic mass is 10.3. The van der Waals surface area contributed by atoms with Crippen LogP contribution in [0.2, 0.25) is 0 Å². The Hall–Kier alpha value is 0.690. The van der Waals surface area contributed by atoms with Crippen LogP contribution in [0, 0.1) is 0 Å². The van der Waals surface area contributed by atoms with E-state index in [0.29, 0.717) is 3.92 Å². The van der Waals surface area contributed by atoms with Crippen LogP contribution in [0.4, 0.5) is 0 Å². The zero-order valence-corrected chi connectivity index (χ0v) is 6.81. The van der Waals surface area contributed by atoms with Crippen molar-refractivity contribution in [2.45, 2.75) is 23.7 Å². The molecule has 0 heterocycles. The molecule has 0 radical (unpaired) electrons. The van der Waals surface area contributed by atoms with Crippen molar-refractivity contribution in [1.82, 2.24) is 0 Å². The highest BCUT2D eigenvalue weighted by Crippen LogP contribution is 2.04. The van der Waals surface area contributed by atoms with Crippen LogP contribution in [0.15, 0.2) is 0 Å². The molecular formula is C5H12IN. The van der Waals surface area contributed by atoms with Gasteiger partial charge < -0.3 is 5.73 Å². The molecule has 0 amide bonds. The fraction of sp³-hybridized carbons (Fsp3) is 1.00. The Labute approximate surface area is 58.8 Å². The van der Waals surface area contributed by atoms with Gasteiger partial charge in [-0.25, -0.2) is 0 Å². The van der Waals surface area contributed by atoms with Gasteiger partial charge in [0.2, 0.25) is 0 Å². The molecule has 0 unspecified atom stereocenters. The third-order valence-electron chi connectivity index (χ3n) is 0.858. The van der Waals surface area contributed by atoms with E-state index in [9.17, 15) is 0 Å². The molecule has 0 aliphatic rings. The predicted octanol–water partition coefficient (Wildman–Crippen LogP) is 1.55. The molecule has 7 heavy (non-hydrogen) atoms. The third-order valence-corrected chi connectivity index (χ3v) is 1.99. The summed E-state index contributed by atoms with van der Waals surface area (Å²) in [6, 6.07) is 0. The van der Waals surface area contributed by atoms with Crippen molar-refractivity contribution < 1.29 is 0 Å². The van der Waals surface area contributed by atoms with E-state index in [1.54, 1.807) is 0 Å². The minimum atomic E-state index is 0.697. The minimum Gasteiger partial charge on any atom is -0.329 e. The molecule has 0 saturated heterocycles. The van der Waals surface area contributed by atoms with Gasteiger partial charge in [-0.15, -0.1) is 0 Å². The van der Waals surface area contributed by atoms with Crippen molar-refractivity contribution in [3.63, 3.8) is 0 Å². The number of nitrogens with two attached hydrogens (primary N) is 1. The number of alkyl halides is 1. The van der Waals surface area contributed by atoms with Gasteiger partial charge in [-0.05, 0) is 6.42 Å². The van der Waals surface area contributed by atoms with Gasteiger partial charge in [0.05, 0.1) is 0 Å². The molecule has 0 fully saturated rings. The first kappa shape index (κ1) is 7.69. The van der Waals surface area contributed by atoms with Crippen LogP contribution in [0.1, 0.15) is 19.8 Å². The minimum absolute atomic E-state index is 0.697. The Morgan fingerprint density at radius 3 is 2.43 bits per heavy atom. The van der Waals surface area contributed by atoms with Crippen LogP contribution in [0.5, 0.6) is 0 Å². The first-order valence-corrected chi connectivity index (χ1v) is 3.90. The summed E-state index contributed by atoms with van der Waals surface area (Å²) < 4.78 is 0.697. The van der Waals surface area contributed by atoms with E-state index in [1.807, 2.05) is 0 Å². The molecule has 1 atom stereocenters. The SMILES string of the molecule is CCC[C@H](I)CN. The maximum absolute atomic E-state index is 5.35. The number of halogens is 1. The maximum Gasteiger partial charge on any atom is 0.0232 e. The first-order chi connectivity index (χ1) is 3.31. The van der Waals surface area contributed by atoms with Crippen molar-refractivity contribution in [3.05, 3.63) is 0 Å². The fourth-order valence-electron chi connectivity index (χ4n) is 0.431. The van der Waals surface area contributed by atoms with E-state index in [-0.39, 0.29) is 0 Å². The predicted molar refractivity (Wildman–Crippen MR) is 41.8 cm³/mol. The maximum atomic E-state index is 5.35. The normalized spacial score (nSPS) is 14.1. The molecule has 0 rings (SSSR count). The van der Waals surface area contributed by atoms with Crippen molar-refractivity contribution in [3.8, 4) is 0 Å². The lowest BCUT2D eigenvalue weighted by Gasteiger charge is -2.00. The molecule has 0 aliphatic carbocycles. The van der Waals surface area contributed by atoms with Crippen molar-refractivity contribution >= 4 is 22.6 Å². The van der Waals surface area contributed by atoms with E-state index >= 15 is 0 Å². The fourth-order valence-corrected chi connectivity index (χ4v) is 1.05. The van der Waals surface area contributed by atoms with Crippen molar-refractivity contribution in [1.29, 1.82) is 0 Å². The second-order valence-corrected chi connectivity index (χ2v) is 3.38. The van der Waals surface area contributed by atoms with E-state index in [2.05, 4.69) is 29.5 Å². The molecule has 0 aromatic heterocycles. The molecule has 0 saturated carbocycles. The zero-order valence-electron chi connectivity index (χ0n) is 4.65. The summed E-state index contributed by atoms with van der Waals surface area (Å²) in [5.41, 5.74) is 5.35. The Bertz CT molecular complexity index is 39.1.